The van der Waals surface area contributed by atoms with Crippen LogP contribution in [0.25, 0.3) is 6.08 Å². The van der Waals surface area contributed by atoms with E-state index in [9.17, 15) is 4.79 Å². The standard InChI is InChI=1S/C8H8.C4H6O2.C2H6O2/c1-2-8-6-4-3-5-7-8;1-3(2)4(5)6;3-1-2-4/h2-7H,1H2;1H2,2H3,(H,5,6);3-4H,1-2H2. The van der Waals surface area contributed by atoms with Gasteiger partial charge in [0.15, 0.2) is 0 Å². The highest BCUT2D eigenvalue weighted by atomic mass is 16.4. The molecule has 1 rings (SSSR count). The summed E-state index contributed by atoms with van der Waals surface area (Å²) in [5.74, 6) is -0.935. The van der Waals surface area contributed by atoms with Crippen LogP contribution in [-0.4, -0.2) is 34.5 Å². The van der Waals surface area contributed by atoms with Crippen LogP contribution >= 0.6 is 0 Å². The maximum Gasteiger partial charge on any atom is 0.330 e. The minimum Gasteiger partial charge on any atom is -0.478 e. The molecule has 0 aliphatic rings. The summed E-state index contributed by atoms with van der Waals surface area (Å²) in [5, 5.41) is 23.1. The molecule has 1 aromatic rings. The Hall–Kier alpha value is -1.91. The zero-order valence-electron chi connectivity index (χ0n) is 10.5. The van der Waals surface area contributed by atoms with Gasteiger partial charge < -0.3 is 15.3 Å². The van der Waals surface area contributed by atoms with Crippen LogP contribution in [0.4, 0.5) is 0 Å². The van der Waals surface area contributed by atoms with E-state index in [0.717, 1.165) is 0 Å². The molecule has 0 spiro atoms. The van der Waals surface area contributed by atoms with Crippen molar-refractivity contribution in [3.05, 3.63) is 54.6 Å². The van der Waals surface area contributed by atoms with Gasteiger partial charge in [0.05, 0.1) is 13.2 Å². The second kappa shape index (κ2) is 13.2. The highest BCUT2D eigenvalue weighted by molar-refractivity contribution is 5.84. The number of carboxylic acid groups (broad SMARTS) is 1. The predicted octanol–water partition coefficient (Wildman–Crippen LogP) is 1.95. The van der Waals surface area contributed by atoms with Gasteiger partial charge in [-0.1, -0.05) is 49.6 Å². The van der Waals surface area contributed by atoms with E-state index in [1.807, 2.05) is 36.4 Å². The molecule has 0 atom stereocenters. The number of aliphatic hydroxyl groups is 2. The van der Waals surface area contributed by atoms with Crippen LogP contribution < -0.4 is 0 Å². The van der Waals surface area contributed by atoms with E-state index in [1.165, 1.54) is 12.5 Å². The van der Waals surface area contributed by atoms with Crippen molar-refractivity contribution in [1.82, 2.24) is 0 Å². The van der Waals surface area contributed by atoms with Crippen LogP contribution in [0.2, 0.25) is 0 Å². The second-order valence-corrected chi connectivity index (χ2v) is 3.15. The summed E-state index contributed by atoms with van der Waals surface area (Å²) in [5.41, 5.74) is 1.35. The van der Waals surface area contributed by atoms with E-state index in [0.29, 0.717) is 0 Å². The zero-order valence-corrected chi connectivity index (χ0v) is 10.5. The first kappa shape index (κ1) is 18.5. The van der Waals surface area contributed by atoms with Gasteiger partial charge in [-0.3, -0.25) is 0 Å². The van der Waals surface area contributed by atoms with Crippen LogP contribution in [0.15, 0.2) is 49.1 Å². The summed E-state index contributed by atoms with van der Waals surface area (Å²) in [6.45, 7) is 7.98. The van der Waals surface area contributed by atoms with E-state index in [1.54, 1.807) is 0 Å². The summed E-state index contributed by atoms with van der Waals surface area (Å²) in [7, 11) is 0. The first-order chi connectivity index (χ1) is 8.49. The highest BCUT2D eigenvalue weighted by Gasteiger charge is 1.90. The molecule has 100 valence electrons. The minimum absolute atomic E-state index is 0.125. The van der Waals surface area contributed by atoms with Crippen molar-refractivity contribution in [3.63, 3.8) is 0 Å². The van der Waals surface area contributed by atoms with E-state index in [-0.39, 0.29) is 18.8 Å². The van der Waals surface area contributed by atoms with E-state index < -0.39 is 5.97 Å². The predicted molar refractivity (Wildman–Crippen MR) is 73.2 cm³/mol. The molecule has 1 aromatic carbocycles. The van der Waals surface area contributed by atoms with Gasteiger partial charge in [-0.25, -0.2) is 4.79 Å². The van der Waals surface area contributed by atoms with E-state index >= 15 is 0 Å². The van der Waals surface area contributed by atoms with Crippen LogP contribution in [-0.2, 0) is 4.79 Å². The Morgan fingerprint density at radius 3 is 1.78 bits per heavy atom. The van der Waals surface area contributed by atoms with Gasteiger partial charge in [0.2, 0.25) is 0 Å². The van der Waals surface area contributed by atoms with E-state index in [4.69, 9.17) is 15.3 Å². The Labute approximate surface area is 108 Å². The van der Waals surface area contributed by atoms with Gasteiger partial charge >= 0.3 is 5.97 Å². The number of aliphatic carboxylic acids is 1. The fourth-order valence-electron chi connectivity index (χ4n) is 0.589. The Morgan fingerprint density at radius 2 is 1.61 bits per heavy atom. The largest absolute Gasteiger partial charge is 0.478 e. The molecule has 0 fully saturated rings. The molecular formula is C14H20O4. The monoisotopic (exact) mass is 252 g/mol. The van der Waals surface area contributed by atoms with Gasteiger partial charge in [0, 0.05) is 5.57 Å². The summed E-state index contributed by atoms with van der Waals surface area (Å²) < 4.78 is 0. The Morgan fingerprint density at radius 1 is 1.22 bits per heavy atom. The van der Waals surface area contributed by atoms with Crippen molar-refractivity contribution in [3.8, 4) is 0 Å². The molecule has 0 aliphatic heterocycles. The lowest BCUT2D eigenvalue weighted by molar-refractivity contribution is -0.132. The molecule has 4 nitrogen and oxygen atoms in total. The number of aliphatic hydroxyl groups excluding tert-OH is 2. The fourth-order valence-corrected chi connectivity index (χ4v) is 0.589. The van der Waals surface area contributed by atoms with Gasteiger partial charge in [-0.2, -0.15) is 0 Å². The Balaban J connectivity index is 0. The average Bonchev–Trinajstić information content (AvgIpc) is 2.40. The highest BCUT2D eigenvalue weighted by Crippen LogP contribution is 1.97. The minimum atomic E-state index is -0.935. The first-order valence-corrected chi connectivity index (χ1v) is 5.27. The normalized spacial score (nSPS) is 7.94. The number of rotatable bonds is 3. The molecular weight excluding hydrogens is 232 g/mol. The number of hydrogen-bond donors (Lipinski definition) is 3. The van der Waals surface area contributed by atoms with Gasteiger partial charge in [0.1, 0.15) is 0 Å². The molecule has 0 unspecified atom stereocenters. The maximum atomic E-state index is 9.60. The molecule has 0 bridgehead atoms. The molecule has 0 heterocycles. The van der Waals surface area contributed by atoms with Gasteiger partial charge in [-0.15, -0.1) is 0 Å². The summed E-state index contributed by atoms with van der Waals surface area (Å²) in [6, 6.07) is 10.0. The average molecular weight is 252 g/mol. The van der Waals surface area contributed by atoms with Crippen LogP contribution in [0.3, 0.4) is 0 Å². The number of carbonyl (C=O) groups is 1. The van der Waals surface area contributed by atoms with Gasteiger partial charge in [0.25, 0.3) is 0 Å². The van der Waals surface area contributed by atoms with Crippen molar-refractivity contribution in [1.29, 1.82) is 0 Å². The molecule has 4 heteroatoms. The second-order valence-electron chi connectivity index (χ2n) is 3.15. The molecule has 0 aromatic heterocycles. The Bertz CT molecular complexity index is 330. The SMILES string of the molecule is C=C(C)C(=O)O.C=Cc1ccccc1.OCCO. The zero-order chi connectivity index (χ0) is 14.4. The first-order valence-electron chi connectivity index (χ1n) is 5.27. The maximum absolute atomic E-state index is 9.60. The topological polar surface area (TPSA) is 77.8 Å². The van der Waals surface area contributed by atoms with Crippen molar-refractivity contribution in [2.24, 2.45) is 0 Å². The summed E-state index contributed by atoms with van der Waals surface area (Å²) >= 11 is 0. The Kier molecular flexibility index (Phi) is 13.5. The number of benzene rings is 1. The van der Waals surface area contributed by atoms with E-state index in [2.05, 4.69) is 13.2 Å². The molecule has 0 saturated carbocycles. The summed E-state index contributed by atoms with van der Waals surface area (Å²) in [4.78, 5) is 9.60. The third-order valence-electron chi connectivity index (χ3n) is 1.50. The van der Waals surface area contributed by atoms with Gasteiger partial charge in [-0.05, 0) is 12.5 Å². The van der Waals surface area contributed by atoms with Crippen molar-refractivity contribution in [2.45, 2.75) is 6.92 Å². The molecule has 18 heavy (non-hydrogen) atoms. The number of hydrogen-bond acceptors (Lipinski definition) is 3. The van der Waals surface area contributed by atoms with Crippen molar-refractivity contribution in [2.75, 3.05) is 13.2 Å². The lowest BCUT2D eigenvalue weighted by Crippen LogP contribution is -1.92. The number of carboxylic acids is 1. The molecule has 0 radical (unpaired) electrons. The third kappa shape index (κ3) is 14.1. The van der Waals surface area contributed by atoms with Crippen LogP contribution in [0.5, 0.6) is 0 Å². The molecule has 0 amide bonds. The lowest BCUT2D eigenvalue weighted by Gasteiger charge is -1.85. The molecule has 0 aliphatic carbocycles. The molecule has 0 saturated heterocycles. The summed E-state index contributed by atoms with van der Waals surface area (Å²) in [6.07, 6.45) is 1.83. The van der Waals surface area contributed by atoms with Crippen molar-refractivity contribution >= 4 is 12.0 Å². The fraction of sp³-hybridized carbons (Fsp3) is 0.214. The molecule has 3 N–H and O–H groups in total. The smallest absolute Gasteiger partial charge is 0.330 e. The van der Waals surface area contributed by atoms with Crippen LogP contribution in [0, 0.1) is 0 Å². The lowest BCUT2D eigenvalue weighted by atomic mass is 10.2. The van der Waals surface area contributed by atoms with Crippen LogP contribution in [0.1, 0.15) is 12.5 Å². The van der Waals surface area contributed by atoms with Crippen molar-refractivity contribution < 1.29 is 20.1 Å². The quantitative estimate of drug-likeness (QED) is 0.718. The third-order valence-corrected chi connectivity index (χ3v) is 1.50.